The van der Waals surface area contributed by atoms with Crippen LogP contribution in [0.3, 0.4) is 0 Å². The highest BCUT2D eigenvalue weighted by Gasteiger charge is 2.28. The third-order valence-electron chi connectivity index (χ3n) is 6.17. The molecule has 1 amide bonds. The minimum atomic E-state index is -4.01. The number of nitrogens with zero attached hydrogens (tertiary/aromatic N) is 2. The summed E-state index contributed by atoms with van der Waals surface area (Å²) < 4.78 is 41.5. The molecule has 2 aliphatic heterocycles. The minimum absolute atomic E-state index is 0.0650. The molecule has 2 aromatic carbocycles. The Morgan fingerprint density at radius 2 is 1.65 bits per heavy atom. The molecule has 8 heteroatoms. The number of sulfonamides is 1. The largest absolute Gasteiger partial charge is 0.339 e. The molecule has 0 saturated carbocycles. The quantitative estimate of drug-likeness (QED) is 0.762. The second kappa shape index (κ2) is 9.36. The number of para-hydroxylation sites is 1. The normalized spacial score (nSPS) is 18.7. The van der Waals surface area contributed by atoms with Crippen LogP contribution < -0.4 is 4.72 Å². The summed E-state index contributed by atoms with van der Waals surface area (Å²) in [4.78, 5) is 17.3. The summed E-state index contributed by atoms with van der Waals surface area (Å²) in [6, 6.07) is 12.0. The van der Waals surface area contributed by atoms with Gasteiger partial charge in [-0.05, 0) is 69.1 Å². The summed E-state index contributed by atoms with van der Waals surface area (Å²) in [5, 5.41) is 0. The van der Waals surface area contributed by atoms with Crippen molar-refractivity contribution in [1.82, 2.24) is 9.80 Å². The Morgan fingerprint density at radius 3 is 2.35 bits per heavy atom. The summed E-state index contributed by atoms with van der Waals surface area (Å²) in [5.41, 5.74) is 0.201. The summed E-state index contributed by atoms with van der Waals surface area (Å²) in [7, 11) is -4.01. The van der Waals surface area contributed by atoms with Gasteiger partial charge in [0.25, 0.3) is 15.9 Å². The molecule has 2 aromatic rings. The number of carbonyl (C=O) groups excluding carboxylic acids is 1. The number of rotatable bonds is 5. The SMILES string of the molecule is O=C(c1cccc(S(=O)(=O)Nc2ccccc2F)c1)N1CCC(N2CCCCC2)CC1. The maximum absolute atomic E-state index is 13.9. The fourth-order valence-electron chi connectivity index (χ4n) is 4.44. The average Bonchev–Trinajstić information content (AvgIpc) is 2.81. The molecular formula is C23H28FN3O3S. The van der Waals surface area contributed by atoms with Crippen LogP contribution in [0.1, 0.15) is 42.5 Å². The second-order valence-corrected chi connectivity index (χ2v) is 9.92. The lowest BCUT2D eigenvalue weighted by atomic mass is 9.99. The molecule has 1 N–H and O–H groups in total. The second-order valence-electron chi connectivity index (χ2n) is 8.23. The molecule has 0 bridgehead atoms. The van der Waals surface area contributed by atoms with Crippen molar-refractivity contribution in [1.29, 1.82) is 0 Å². The molecule has 2 aliphatic rings. The number of carbonyl (C=O) groups is 1. The summed E-state index contributed by atoms with van der Waals surface area (Å²) in [5.74, 6) is -0.824. The van der Waals surface area contributed by atoms with Crippen LogP contribution in [-0.2, 0) is 10.0 Å². The average molecular weight is 446 g/mol. The molecule has 6 nitrogen and oxygen atoms in total. The highest BCUT2D eigenvalue weighted by atomic mass is 32.2. The van der Waals surface area contributed by atoms with E-state index in [1.165, 1.54) is 49.6 Å². The van der Waals surface area contributed by atoms with Crippen molar-refractivity contribution < 1.29 is 17.6 Å². The Balaban J connectivity index is 1.43. The minimum Gasteiger partial charge on any atom is -0.339 e. The van der Waals surface area contributed by atoms with Gasteiger partial charge in [0.1, 0.15) is 5.82 Å². The molecule has 166 valence electrons. The number of benzene rings is 2. The summed E-state index contributed by atoms with van der Waals surface area (Å²) in [6.07, 6.45) is 5.69. The van der Waals surface area contributed by atoms with E-state index in [-0.39, 0.29) is 16.5 Å². The van der Waals surface area contributed by atoms with E-state index in [1.807, 2.05) is 0 Å². The molecule has 0 unspecified atom stereocenters. The van der Waals surface area contributed by atoms with Gasteiger partial charge in [0.05, 0.1) is 10.6 Å². The number of halogens is 1. The first-order valence-corrected chi connectivity index (χ1v) is 12.3. The summed E-state index contributed by atoms with van der Waals surface area (Å²) >= 11 is 0. The number of amides is 1. The van der Waals surface area contributed by atoms with E-state index in [2.05, 4.69) is 9.62 Å². The van der Waals surface area contributed by atoms with Gasteiger partial charge >= 0.3 is 0 Å². The van der Waals surface area contributed by atoms with Crippen LogP contribution in [0.2, 0.25) is 0 Å². The van der Waals surface area contributed by atoms with Crippen molar-refractivity contribution in [3.8, 4) is 0 Å². The molecule has 0 radical (unpaired) electrons. The number of piperidine rings is 2. The van der Waals surface area contributed by atoms with Crippen molar-refractivity contribution >= 4 is 21.6 Å². The number of hydrogen-bond donors (Lipinski definition) is 1. The third-order valence-corrected chi connectivity index (χ3v) is 7.53. The molecule has 0 aliphatic carbocycles. The van der Waals surface area contributed by atoms with Crippen LogP contribution in [0.4, 0.5) is 10.1 Å². The van der Waals surface area contributed by atoms with Crippen molar-refractivity contribution in [2.45, 2.75) is 43.0 Å². The maximum atomic E-state index is 13.9. The highest BCUT2D eigenvalue weighted by Crippen LogP contribution is 2.23. The molecule has 4 rings (SSSR count). The van der Waals surface area contributed by atoms with Gasteiger partial charge in [-0.15, -0.1) is 0 Å². The van der Waals surface area contributed by atoms with E-state index in [0.717, 1.165) is 25.9 Å². The zero-order valence-electron chi connectivity index (χ0n) is 17.5. The zero-order chi connectivity index (χ0) is 21.8. The Bertz CT molecular complexity index is 1030. The first kappa shape index (κ1) is 21.8. The van der Waals surface area contributed by atoms with Crippen LogP contribution in [0.25, 0.3) is 0 Å². The van der Waals surface area contributed by atoms with Gasteiger partial charge in [0.15, 0.2) is 0 Å². The molecule has 0 spiro atoms. The van der Waals surface area contributed by atoms with Crippen LogP contribution in [0, 0.1) is 5.82 Å². The monoisotopic (exact) mass is 445 g/mol. The number of likely N-dealkylation sites (tertiary alicyclic amines) is 2. The molecular weight excluding hydrogens is 417 g/mol. The summed E-state index contributed by atoms with van der Waals surface area (Å²) in [6.45, 7) is 3.63. The number of anilines is 1. The van der Waals surface area contributed by atoms with E-state index in [1.54, 1.807) is 23.1 Å². The van der Waals surface area contributed by atoms with E-state index in [9.17, 15) is 17.6 Å². The van der Waals surface area contributed by atoms with Gasteiger partial charge in [-0.25, -0.2) is 12.8 Å². The lowest BCUT2D eigenvalue weighted by Gasteiger charge is -2.40. The van der Waals surface area contributed by atoms with E-state index < -0.39 is 15.8 Å². The Hall–Kier alpha value is -2.45. The van der Waals surface area contributed by atoms with Crippen molar-refractivity contribution in [3.05, 3.63) is 59.9 Å². The van der Waals surface area contributed by atoms with E-state index in [0.29, 0.717) is 24.7 Å². The van der Waals surface area contributed by atoms with Gasteiger partial charge in [0, 0.05) is 24.7 Å². The van der Waals surface area contributed by atoms with Crippen LogP contribution in [0.5, 0.6) is 0 Å². The lowest BCUT2D eigenvalue weighted by Crippen LogP contribution is -2.48. The fourth-order valence-corrected chi connectivity index (χ4v) is 5.56. The molecule has 0 atom stereocenters. The van der Waals surface area contributed by atoms with Crippen molar-refractivity contribution in [3.63, 3.8) is 0 Å². The Labute approximate surface area is 183 Å². The third kappa shape index (κ3) is 5.07. The Morgan fingerprint density at radius 1 is 0.935 bits per heavy atom. The van der Waals surface area contributed by atoms with Crippen LogP contribution >= 0.6 is 0 Å². The van der Waals surface area contributed by atoms with E-state index >= 15 is 0 Å². The molecule has 31 heavy (non-hydrogen) atoms. The molecule has 2 heterocycles. The molecule has 2 fully saturated rings. The first-order chi connectivity index (χ1) is 14.9. The predicted molar refractivity (Wildman–Crippen MR) is 118 cm³/mol. The number of nitrogens with one attached hydrogen (secondary N) is 1. The van der Waals surface area contributed by atoms with Gasteiger partial charge in [-0.1, -0.05) is 24.6 Å². The van der Waals surface area contributed by atoms with Crippen LogP contribution in [0.15, 0.2) is 53.4 Å². The molecule has 2 saturated heterocycles. The van der Waals surface area contributed by atoms with Gasteiger partial charge < -0.3 is 9.80 Å². The van der Waals surface area contributed by atoms with Crippen molar-refractivity contribution in [2.75, 3.05) is 30.9 Å². The maximum Gasteiger partial charge on any atom is 0.262 e. The zero-order valence-corrected chi connectivity index (χ0v) is 18.3. The molecule has 0 aromatic heterocycles. The lowest BCUT2D eigenvalue weighted by molar-refractivity contribution is 0.0589. The number of hydrogen-bond acceptors (Lipinski definition) is 4. The van der Waals surface area contributed by atoms with Gasteiger partial charge in [0.2, 0.25) is 0 Å². The standard InChI is InChI=1S/C23H28FN3O3S/c24-21-9-2-3-10-22(21)25-31(29,30)20-8-6-7-18(17-20)23(28)27-15-11-19(12-16-27)26-13-4-1-5-14-26/h2-3,6-10,17,19,25H,1,4-5,11-16H2. The Kier molecular flexibility index (Phi) is 6.57. The fraction of sp³-hybridized carbons (Fsp3) is 0.435. The smallest absolute Gasteiger partial charge is 0.262 e. The highest BCUT2D eigenvalue weighted by molar-refractivity contribution is 7.92. The topological polar surface area (TPSA) is 69.7 Å². The first-order valence-electron chi connectivity index (χ1n) is 10.8. The van der Waals surface area contributed by atoms with Crippen LogP contribution in [-0.4, -0.2) is 56.3 Å². The predicted octanol–water partition coefficient (Wildman–Crippen LogP) is 3.72. The van der Waals surface area contributed by atoms with Gasteiger partial charge in [-0.2, -0.15) is 0 Å². The van der Waals surface area contributed by atoms with E-state index in [4.69, 9.17) is 0 Å². The van der Waals surface area contributed by atoms with Crippen molar-refractivity contribution in [2.24, 2.45) is 0 Å². The van der Waals surface area contributed by atoms with Gasteiger partial charge in [-0.3, -0.25) is 9.52 Å².